The number of nitrogens with one attached hydrogen (secondary N) is 2. The van der Waals surface area contributed by atoms with Crippen molar-refractivity contribution in [1.82, 2.24) is 10.6 Å². The van der Waals surface area contributed by atoms with Crippen molar-refractivity contribution >= 4 is 5.91 Å². The molecule has 5 heteroatoms. The van der Waals surface area contributed by atoms with Crippen molar-refractivity contribution < 1.29 is 14.6 Å². The van der Waals surface area contributed by atoms with Gasteiger partial charge in [-0.3, -0.25) is 4.79 Å². The first-order chi connectivity index (χ1) is 9.10. The molecule has 0 bridgehead atoms. The zero-order valence-corrected chi connectivity index (χ0v) is 11.8. The number of ether oxygens (including phenoxy) is 1. The van der Waals surface area contributed by atoms with Gasteiger partial charge in [0, 0.05) is 31.0 Å². The van der Waals surface area contributed by atoms with Crippen LogP contribution < -0.4 is 10.6 Å². The van der Waals surface area contributed by atoms with Crippen molar-refractivity contribution in [1.29, 1.82) is 0 Å². The van der Waals surface area contributed by atoms with E-state index < -0.39 is 0 Å². The standard InChI is InChI=1S/C14H26N2O3/c1-14(5-3-2-4-12(14)17)10-16-13(18)8-11-9-19-7-6-15-11/h11-12,15,17H,2-10H2,1H3,(H,16,18). The normalized spacial score (nSPS) is 35.9. The molecule has 0 radical (unpaired) electrons. The number of morpholine rings is 1. The molecule has 0 aromatic rings. The van der Waals surface area contributed by atoms with E-state index in [9.17, 15) is 9.90 Å². The third-order valence-electron chi connectivity index (χ3n) is 4.40. The predicted molar refractivity (Wildman–Crippen MR) is 72.8 cm³/mol. The molecule has 19 heavy (non-hydrogen) atoms. The minimum absolute atomic E-state index is 0.0435. The fraction of sp³-hybridized carbons (Fsp3) is 0.929. The van der Waals surface area contributed by atoms with Crippen LogP contribution in [0.3, 0.4) is 0 Å². The Balaban J connectivity index is 1.73. The van der Waals surface area contributed by atoms with Gasteiger partial charge in [-0.15, -0.1) is 0 Å². The third-order valence-corrected chi connectivity index (χ3v) is 4.40. The summed E-state index contributed by atoms with van der Waals surface area (Å²) in [6, 6.07) is 0.123. The van der Waals surface area contributed by atoms with Gasteiger partial charge in [0.05, 0.1) is 19.3 Å². The first-order valence-electron chi connectivity index (χ1n) is 7.36. The molecule has 0 aromatic heterocycles. The Labute approximate surface area is 115 Å². The maximum atomic E-state index is 11.9. The molecule has 2 aliphatic rings. The first-order valence-corrected chi connectivity index (χ1v) is 7.36. The average molecular weight is 270 g/mol. The summed E-state index contributed by atoms with van der Waals surface area (Å²) in [6.45, 7) is 4.78. The minimum Gasteiger partial charge on any atom is -0.392 e. The molecule has 3 unspecified atom stereocenters. The summed E-state index contributed by atoms with van der Waals surface area (Å²) < 4.78 is 5.33. The molecule has 5 nitrogen and oxygen atoms in total. The molecule has 0 aromatic carbocycles. The maximum Gasteiger partial charge on any atom is 0.221 e. The van der Waals surface area contributed by atoms with Crippen LogP contribution in [0.2, 0.25) is 0 Å². The molecular weight excluding hydrogens is 244 g/mol. The van der Waals surface area contributed by atoms with Gasteiger partial charge in [0.25, 0.3) is 0 Å². The van der Waals surface area contributed by atoms with Gasteiger partial charge in [-0.25, -0.2) is 0 Å². The number of hydrogen-bond acceptors (Lipinski definition) is 4. The van der Waals surface area contributed by atoms with Crippen LogP contribution in [0, 0.1) is 5.41 Å². The van der Waals surface area contributed by atoms with Gasteiger partial charge >= 0.3 is 0 Å². The van der Waals surface area contributed by atoms with E-state index in [-0.39, 0.29) is 23.5 Å². The van der Waals surface area contributed by atoms with E-state index in [1.165, 1.54) is 0 Å². The molecule has 3 N–H and O–H groups in total. The van der Waals surface area contributed by atoms with Gasteiger partial charge in [-0.2, -0.15) is 0 Å². The summed E-state index contributed by atoms with van der Waals surface area (Å²) in [4.78, 5) is 11.9. The molecule has 2 fully saturated rings. The van der Waals surface area contributed by atoms with Crippen LogP contribution >= 0.6 is 0 Å². The van der Waals surface area contributed by atoms with Crippen LogP contribution in [0.1, 0.15) is 39.0 Å². The number of amides is 1. The van der Waals surface area contributed by atoms with Crippen LogP contribution in [0.15, 0.2) is 0 Å². The Morgan fingerprint density at radius 2 is 2.37 bits per heavy atom. The van der Waals surface area contributed by atoms with E-state index >= 15 is 0 Å². The molecule has 3 atom stereocenters. The average Bonchev–Trinajstić information content (AvgIpc) is 2.41. The minimum atomic E-state index is -0.294. The summed E-state index contributed by atoms with van der Waals surface area (Å²) in [5.41, 5.74) is -0.162. The highest BCUT2D eigenvalue weighted by Crippen LogP contribution is 2.35. The van der Waals surface area contributed by atoms with Crippen LogP contribution in [0.25, 0.3) is 0 Å². The van der Waals surface area contributed by atoms with E-state index in [1.807, 2.05) is 0 Å². The number of aliphatic hydroxyl groups excluding tert-OH is 1. The lowest BCUT2D eigenvalue weighted by atomic mass is 9.73. The van der Waals surface area contributed by atoms with Gasteiger partial charge in [0.1, 0.15) is 0 Å². The molecule has 1 saturated carbocycles. The number of hydrogen-bond donors (Lipinski definition) is 3. The van der Waals surface area contributed by atoms with Gasteiger partial charge in [-0.05, 0) is 12.8 Å². The van der Waals surface area contributed by atoms with E-state index in [0.29, 0.717) is 19.6 Å². The lowest BCUT2D eigenvalue weighted by molar-refractivity contribution is -0.123. The summed E-state index contributed by atoms with van der Waals surface area (Å²) in [7, 11) is 0. The van der Waals surface area contributed by atoms with Crippen LogP contribution in [-0.4, -0.2) is 49.5 Å². The van der Waals surface area contributed by atoms with Crippen molar-refractivity contribution in [2.45, 2.75) is 51.2 Å². The summed E-state index contributed by atoms with van der Waals surface area (Å²) in [5, 5.41) is 16.3. The summed E-state index contributed by atoms with van der Waals surface area (Å²) >= 11 is 0. The second-order valence-corrected chi connectivity index (χ2v) is 6.12. The van der Waals surface area contributed by atoms with Crippen molar-refractivity contribution in [3.63, 3.8) is 0 Å². The van der Waals surface area contributed by atoms with Crippen LogP contribution in [0.4, 0.5) is 0 Å². The Kier molecular flexibility index (Phi) is 5.19. The molecule has 1 aliphatic heterocycles. The van der Waals surface area contributed by atoms with Crippen molar-refractivity contribution in [2.75, 3.05) is 26.3 Å². The monoisotopic (exact) mass is 270 g/mol. The summed E-state index contributed by atoms with van der Waals surface area (Å²) in [6.07, 6.45) is 4.23. The fourth-order valence-electron chi connectivity index (χ4n) is 2.94. The number of aliphatic hydroxyl groups is 1. The van der Waals surface area contributed by atoms with Gasteiger partial charge in [0.15, 0.2) is 0 Å². The van der Waals surface area contributed by atoms with Crippen molar-refractivity contribution in [3.05, 3.63) is 0 Å². The highest BCUT2D eigenvalue weighted by Gasteiger charge is 2.35. The van der Waals surface area contributed by atoms with Crippen LogP contribution in [-0.2, 0) is 9.53 Å². The van der Waals surface area contributed by atoms with E-state index in [1.54, 1.807) is 0 Å². The molecule has 1 amide bonds. The molecular formula is C14H26N2O3. The molecule has 2 rings (SSSR count). The second kappa shape index (κ2) is 6.68. The SMILES string of the molecule is CC1(CNC(=O)CC2COCCN2)CCCCC1O. The zero-order chi connectivity index (χ0) is 13.7. The van der Waals surface area contributed by atoms with Crippen LogP contribution in [0.5, 0.6) is 0 Å². The van der Waals surface area contributed by atoms with Gasteiger partial charge < -0.3 is 20.5 Å². The smallest absolute Gasteiger partial charge is 0.221 e. The molecule has 1 heterocycles. The Morgan fingerprint density at radius 3 is 3.05 bits per heavy atom. The molecule has 1 aliphatic carbocycles. The number of rotatable bonds is 4. The Morgan fingerprint density at radius 1 is 1.53 bits per heavy atom. The third kappa shape index (κ3) is 4.16. The molecule has 0 spiro atoms. The molecule has 110 valence electrons. The second-order valence-electron chi connectivity index (χ2n) is 6.12. The topological polar surface area (TPSA) is 70.6 Å². The van der Waals surface area contributed by atoms with E-state index in [0.717, 1.165) is 38.8 Å². The highest BCUT2D eigenvalue weighted by molar-refractivity contribution is 5.76. The largest absolute Gasteiger partial charge is 0.392 e. The van der Waals surface area contributed by atoms with Crippen molar-refractivity contribution in [2.24, 2.45) is 5.41 Å². The van der Waals surface area contributed by atoms with E-state index in [2.05, 4.69) is 17.6 Å². The number of carbonyl (C=O) groups is 1. The highest BCUT2D eigenvalue weighted by atomic mass is 16.5. The molecule has 1 saturated heterocycles. The fourth-order valence-corrected chi connectivity index (χ4v) is 2.94. The van der Waals surface area contributed by atoms with Crippen molar-refractivity contribution in [3.8, 4) is 0 Å². The van der Waals surface area contributed by atoms with E-state index in [4.69, 9.17) is 4.74 Å². The zero-order valence-electron chi connectivity index (χ0n) is 11.8. The van der Waals surface area contributed by atoms with Gasteiger partial charge in [0.2, 0.25) is 5.91 Å². The predicted octanol–water partition coefficient (Wildman–Crippen LogP) is 0.422. The quantitative estimate of drug-likeness (QED) is 0.692. The lowest BCUT2D eigenvalue weighted by Crippen LogP contribution is -2.48. The van der Waals surface area contributed by atoms with Gasteiger partial charge in [-0.1, -0.05) is 19.8 Å². The Bertz CT molecular complexity index is 305. The maximum absolute atomic E-state index is 11.9. The lowest BCUT2D eigenvalue weighted by Gasteiger charge is -2.38. The number of carbonyl (C=O) groups excluding carboxylic acids is 1. The summed E-state index contributed by atoms with van der Waals surface area (Å²) in [5.74, 6) is 0.0435. The first kappa shape index (κ1) is 14.8. The Hall–Kier alpha value is -0.650.